The van der Waals surface area contributed by atoms with Crippen molar-refractivity contribution in [3.63, 3.8) is 0 Å². The van der Waals surface area contributed by atoms with Crippen molar-refractivity contribution in [3.8, 4) is 0 Å². The van der Waals surface area contributed by atoms with Crippen molar-refractivity contribution in [2.24, 2.45) is 0 Å². The van der Waals surface area contributed by atoms with Gasteiger partial charge in [-0.3, -0.25) is 24.5 Å². The topological polar surface area (TPSA) is 120 Å². The van der Waals surface area contributed by atoms with Gasteiger partial charge in [-0.2, -0.15) is 5.06 Å². The number of hydrogen-bond donors (Lipinski definition) is 1. The maximum Gasteiger partial charge on any atom is 0.294 e. The third kappa shape index (κ3) is 5.77. The van der Waals surface area contributed by atoms with E-state index in [0.717, 1.165) is 10.6 Å². The molecule has 0 aliphatic carbocycles. The summed E-state index contributed by atoms with van der Waals surface area (Å²) in [5.41, 5.74) is 0.536. The Hall–Kier alpha value is -3.34. The van der Waals surface area contributed by atoms with Crippen LogP contribution in [-0.2, 0) is 35.7 Å². The van der Waals surface area contributed by atoms with Crippen LogP contribution in [0.2, 0.25) is 0 Å². The van der Waals surface area contributed by atoms with Crippen molar-refractivity contribution < 1.29 is 28.8 Å². The second-order valence-electron chi connectivity index (χ2n) is 8.34. The first-order chi connectivity index (χ1) is 16.3. The minimum atomic E-state index is -0.995. The lowest BCUT2D eigenvalue weighted by atomic mass is 9.86. The van der Waals surface area contributed by atoms with Gasteiger partial charge in [0.1, 0.15) is 5.69 Å². The molecule has 2 amide bonds. The van der Waals surface area contributed by atoms with E-state index in [9.17, 15) is 19.7 Å². The Labute approximate surface area is 197 Å². The number of nitrogens with zero attached hydrogens (tertiary/aromatic N) is 2. The van der Waals surface area contributed by atoms with Crippen molar-refractivity contribution in [2.75, 3.05) is 43.9 Å². The number of nitro benzene ring substituents is 1. The number of ether oxygens (including phenoxy) is 2. The molecule has 0 saturated carbocycles. The molecule has 2 aromatic carbocycles. The van der Waals surface area contributed by atoms with Crippen LogP contribution in [0.25, 0.3) is 0 Å². The fourth-order valence-electron chi connectivity index (χ4n) is 3.65. The molecule has 0 fully saturated rings. The van der Waals surface area contributed by atoms with Crippen LogP contribution in [0.5, 0.6) is 0 Å². The second kappa shape index (κ2) is 11.2. The molecule has 0 unspecified atom stereocenters. The van der Waals surface area contributed by atoms with Crippen LogP contribution in [0, 0.1) is 10.1 Å². The molecule has 10 heteroatoms. The van der Waals surface area contributed by atoms with Gasteiger partial charge in [0.15, 0.2) is 0 Å². The van der Waals surface area contributed by atoms with E-state index in [0.29, 0.717) is 25.2 Å². The Morgan fingerprint density at radius 2 is 1.82 bits per heavy atom. The Bertz CT molecular complexity index is 1040. The highest BCUT2D eigenvalue weighted by Crippen LogP contribution is 2.46. The van der Waals surface area contributed by atoms with Gasteiger partial charge in [0.2, 0.25) is 5.91 Å². The van der Waals surface area contributed by atoms with E-state index in [1.54, 1.807) is 21.0 Å². The number of methoxy groups -OCH3 is 1. The number of amides is 2. The first kappa shape index (κ1) is 25.3. The first-order valence-corrected chi connectivity index (χ1v) is 11.0. The minimum Gasteiger partial charge on any atom is -0.382 e. The zero-order valence-corrected chi connectivity index (χ0v) is 19.5. The highest BCUT2D eigenvalue weighted by molar-refractivity contribution is 6.07. The quantitative estimate of drug-likeness (QED) is 0.286. The molecule has 0 saturated heterocycles. The molecule has 0 atom stereocenters. The normalized spacial score (nSPS) is 14.2. The average Bonchev–Trinajstić information content (AvgIpc) is 3.00. The van der Waals surface area contributed by atoms with E-state index in [2.05, 4.69) is 5.32 Å². The third-order valence-electron chi connectivity index (χ3n) is 5.56. The maximum atomic E-state index is 13.0. The SMILES string of the molecule is COCCOCCON1C(=O)C(C)(C)c2cc(NC(=O)CCc3ccccc3)c([N+](=O)[O-])cc21. The molecule has 0 radical (unpaired) electrons. The van der Waals surface area contributed by atoms with Gasteiger partial charge in [-0.05, 0) is 37.5 Å². The van der Waals surface area contributed by atoms with Gasteiger partial charge in [0.25, 0.3) is 11.6 Å². The predicted octanol–water partition coefficient (Wildman–Crippen LogP) is 3.38. The van der Waals surface area contributed by atoms with Gasteiger partial charge in [0.05, 0.1) is 42.5 Å². The van der Waals surface area contributed by atoms with Crippen LogP contribution in [0.15, 0.2) is 42.5 Å². The number of carbonyl (C=O) groups is 2. The molecular formula is C24H29N3O7. The number of anilines is 2. The van der Waals surface area contributed by atoms with Crippen molar-refractivity contribution in [1.29, 1.82) is 0 Å². The van der Waals surface area contributed by atoms with Gasteiger partial charge in [-0.1, -0.05) is 30.3 Å². The van der Waals surface area contributed by atoms with Gasteiger partial charge in [-0.25, -0.2) is 0 Å². The molecule has 0 aromatic heterocycles. The van der Waals surface area contributed by atoms with Crippen LogP contribution in [0.1, 0.15) is 31.4 Å². The molecule has 3 rings (SSSR count). The van der Waals surface area contributed by atoms with Crippen LogP contribution in [-0.4, -0.2) is 50.3 Å². The number of hydrogen-bond acceptors (Lipinski definition) is 7. The number of benzene rings is 2. The van der Waals surface area contributed by atoms with E-state index in [1.807, 2.05) is 30.3 Å². The van der Waals surface area contributed by atoms with Gasteiger partial charge in [-0.15, -0.1) is 0 Å². The van der Waals surface area contributed by atoms with E-state index >= 15 is 0 Å². The summed E-state index contributed by atoms with van der Waals surface area (Å²) in [7, 11) is 1.56. The maximum absolute atomic E-state index is 13.0. The Morgan fingerprint density at radius 3 is 2.50 bits per heavy atom. The van der Waals surface area contributed by atoms with Crippen molar-refractivity contribution in [2.45, 2.75) is 32.1 Å². The Kier molecular flexibility index (Phi) is 8.32. The molecule has 1 N–H and O–H groups in total. The van der Waals surface area contributed by atoms with Crippen LogP contribution < -0.4 is 10.4 Å². The van der Waals surface area contributed by atoms with E-state index < -0.39 is 10.3 Å². The van der Waals surface area contributed by atoms with E-state index in [4.69, 9.17) is 14.3 Å². The fraction of sp³-hybridized carbons (Fsp3) is 0.417. The van der Waals surface area contributed by atoms with Crippen LogP contribution in [0.3, 0.4) is 0 Å². The third-order valence-corrected chi connectivity index (χ3v) is 5.56. The largest absolute Gasteiger partial charge is 0.382 e. The van der Waals surface area contributed by atoms with Crippen molar-refractivity contribution >= 4 is 28.9 Å². The molecule has 1 aliphatic rings. The molecule has 34 heavy (non-hydrogen) atoms. The van der Waals surface area contributed by atoms with Gasteiger partial charge in [0, 0.05) is 19.6 Å². The summed E-state index contributed by atoms with van der Waals surface area (Å²) in [6, 6.07) is 12.2. The highest BCUT2D eigenvalue weighted by Gasteiger charge is 2.46. The summed E-state index contributed by atoms with van der Waals surface area (Å²) < 4.78 is 10.2. The smallest absolute Gasteiger partial charge is 0.294 e. The van der Waals surface area contributed by atoms with E-state index in [-0.39, 0.29) is 48.5 Å². The van der Waals surface area contributed by atoms with Crippen LogP contribution in [0.4, 0.5) is 17.1 Å². The number of fused-ring (bicyclic) bond motifs is 1. The molecule has 10 nitrogen and oxygen atoms in total. The van der Waals surface area contributed by atoms with Gasteiger partial charge >= 0.3 is 0 Å². The lowest BCUT2D eigenvalue weighted by Crippen LogP contribution is -2.37. The molecular weight excluding hydrogens is 442 g/mol. The monoisotopic (exact) mass is 471 g/mol. The second-order valence-corrected chi connectivity index (χ2v) is 8.34. The standard InChI is InChI=1S/C24H29N3O7/c1-24(2)18-15-19(25-22(28)10-9-17-7-5-4-6-8-17)21(27(30)31)16-20(18)26(23(24)29)34-14-13-33-12-11-32-3/h4-8,15-16H,9-14H2,1-3H3,(H,25,28). The summed E-state index contributed by atoms with van der Waals surface area (Å²) >= 11 is 0. The highest BCUT2D eigenvalue weighted by atomic mass is 16.7. The number of rotatable bonds is 12. The lowest BCUT2D eigenvalue weighted by Gasteiger charge is -2.19. The van der Waals surface area contributed by atoms with Crippen molar-refractivity contribution in [3.05, 3.63) is 63.7 Å². The number of carbonyl (C=O) groups excluding carboxylic acids is 2. The molecule has 0 bridgehead atoms. The molecule has 2 aromatic rings. The molecule has 182 valence electrons. The lowest BCUT2D eigenvalue weighted by molar-refractivity contribution is -0.383. The molecule has 1 heterocycles. The number of nitro groups is 1. The Balaban J connectivity index is 1.77. The number of hydroxylamine groups is 1. The predicted molar refractivity (Wildman–Crippen MR) is 126 cm³/mol. The van der Waals surface area contributed by atoms with Crippen molar-refractivity contribution in [1.82, 2.24) is 0 Å². The zero-order valence-electron chi connectivity index (χ0n) is 19.5. The number of aryl methyl sites for hydroxylation is 1. The summed E-state index contributed by atoms with van der Waals surface area (Å²) in [4.78, 5) is 42.3. The minimum absolute atomic E-state index is 0.0486. The summed E-state index contributed by atoms with van der Waals surface area (Å²) in [5, 5.41) is 15.5. The van der Waals surface area contributed by atoms with Gasteiger partial charge < -0.3 is 14.8 Å². The van der Waals surface area contributed by atoms with E-state index in [1.165, 1.54) is 12.1 Å². The Morgan fingerprint density at radius 1 is 1.12 bits per heavy atom. The molecule has 0 spiro atoms. The first-order valence-electron chi connectivity index (χ1n) is 11.0. The number of nitrogens with one attached hydrogen (secondary N) is 1. The summed E-state index contributed by atoms with van der Waals surface area (Å²) in [5.74, 6) is -0.711. The summed E-state index contributed by atoms with van der Waals surface area (Å²) in [6.45, 7) is 4.54. The van der Waals surface area contributed by atoms with Crippen LogP contribution >= 0.6 is 0 Å². The average molecular weight is 472 g/mol. The fourth-order valence-corrected chi connectivity index (χ4v) is 3.65. The summed E-state index contributed by atoms with van der Waals surface area (Å²) in [6.07, 6.45) is 0.669. The zero-order chi connectivity index (χ0) is 24.7. The molecule has 1 aliphatic heterocycles.